The maximum Gasteiger partial charge on any atom is 0.119 e. The molecule has 0 saturated heterocycles. The summed E-state index contributed by atoms with van der Waals surface area (Å²) in [5.74, 6) is 3.59. The molecule has 0 radical (unpaired) electrons. The van der Waals surface area contributed by atoms with Gasteiger partial charge in [-0.05, 0) is 85.8 Å². The molecule has 1 aromatic carbocycles. The largest absolute Gasteiger partial charge is 0.497 e. The summed E-state index contributed by atoms with van der Waals surface area (Å²) in [6, 6.07) is 8.19. The van der Waals surface area contributed by atoms with Crippen molar-refractivity contribution < 1.29 is 9.84 Å². The van der Waals surface area contributed by atoms with Gasteiger partial charge in [-0.1, -0.05) is 12.1 Å². The van der Waals surface area contributed by atoms with E-state index in [1.54, 1.807) is 7.11 Å². The fourth-order valence-electron chi connectivity index (χ4n) is 5.82. The molecule has 1 N–H and O–H groups in total. The Morgan fingerprint density at radius 1 is 1.14 bits per heavy atom. The van der Waals surface area contributed by atoms with Crippen LogP contribution in [0.2, 0.25) is 0 Å². The second-order valence-corrected chi connectivity index (χ2v) is 7.85. The Labute approximate surface area is 127 Å². The molecule has 1 aromatic rings. The van der Waals surface area contributed by atoms with Crippen LogP contribution in [0.1, 0.15) is 44.1 Å². The van der Waals surface area contributed by atoms with Crippen molar-refractivity contribution in [3.05, 3.63) is 29.8 Å². The number of aliphatic hydroxyl groups excluding tert-OH is 1. The third-order valence-corrected chi connectivity index (χ3v) is 6.36. The lowest BCUT2D eigenvalue weighted by atomic mass is 9.48. The Kier molecular flexibility index (Phi) is 3.25. The van der Waals surface area contributed by atoms with Crippen molar-refractivity contribution >= 4 is 0 Å². The summed E-state index contributed by atoms with van der Waals surface area (Å²) in [6.45, 7) is 0. The topological polar surface area (TPSA) is 29.5 Å². The van der Waals surface area contributed by atoms with Crippen molar-refractivity contribution in [2.24, 2.45) is 23.2 Å². The standard InChI is InChI=1S/C19H26O2/c1-21-17-4-2-3-13(8-17)9-18(20)19-10-14-5-15(11-19)7-16(6-14)12-19/h2-4,8,14-16,18,20H,5-7,9-12H2,1H3. The van der Waals surface area contributed by atoms with Crippen LogP contribution < -0.4 is 4.74 Å². The van der Waals surface area contributed by atoms with E-state index < -0.39 is 0 Å². The summed E-state index contributed by atoms with van der Waals surface area (Å²) < 4.78 is 5.30. The lowest BCUT2D eigenvalue weighted by Crippen LogP contribution is -2.52. The third-order valence-electron chi connectivity index (χ3n) is 6.36. The molecular formula is C19H26O2. The molecule has 4 bridgehead atoms. The molecular weight excluding hydrogens is 260 g/mol. The summed E-state index contributed by atoms with van der Waals surface area (Å²) in [5, 5.41) is 11.0. The normalized spacial score (nSPS) is 38.5. The number of hydrogen-bond donors (Lipinski definition) is 1. The van der Waals surface area contributed by atoms with E-state index in [0.717, 1.165) is 29.9 Å². The summed E-state index contributed by atoms with van der Waals surface area (Å²) in [4.78, 5) is 0. The van der Waals surface area contributed by atoms with Crippen LogP contribution in [0.5, 0.6) is 5.75 Å². The van der Waals surface area contributed by atoms with E-state index in [4.69, 9.17) is 4.74 Å². The molecule has 5 rings (SSSR count). The third kappa shape index (κ3) is 2.38. The number of benzene rings is 1. The minimum Gasteiger partial charge on any atom is -0.497 e. The molecule has 4 fully saturated rings. The highest BCUT2D eigenvalue weighted by Gasteiger charge is 2.53. The number of methoxy groups -OCH3 is 1. The van der Waals surface area contributed by atoms with E-state index in [0.29, 0.717) is 0 Å². The molecule has 4 aliphatic rings. The van der Waals surface area contributed by atoms with Gasteiger partial charge in [0, 0.05) is 0 Å². The SMILES string of the molecule is COc1cccc(CC(O)C23CC4CC(CC(C4)C2)C3)c1. The fourth-order valence-corrected chi connectivity index (χ4v) is 5.82. The molecule has 0 aliphatic heterocycles. The first kappa shape index (κ1) is 13.6. The molecule has 1 atom stereocenters. The maximum atomic E-state index is 11.0. The highest BCUT2D eigenvalue weighted by Crippen LogP contribution is 2.61. The molecule has 2 nitrogen and oxygen atoms in total. The second kappa shape index (κ2) is 5.01. The second-order valence-electron chi connectivity index (χ2n) is 7.85. The van der Waals surface area contributed by atoms with E-state index in [9.17, 15) is 5.11 Å². The fraction of sp³-hybridized carbons (Fsp3) is 0.684. The maximum absolute atomic E-state index is 11.0. The van der Waals surface area contributed by atoms with E-state index in [1.807, 2.05) is 12.1 Å². The molecule has 0 heterocycles. The van der Waals surface area contributed by atoms with Crippen molar-refractivity contribution in [3.8, 4) is 5.75 Å². The Morgan fingerprint density at radius 3 is 2.33 bits per heavy atom. The molecule has 1 unspecified atom stereocenters. The number of rotatable bonds is 4. The van der Waals surface area contributed by atoms with Gasteiger partial charge in [0.1, 0.15) is 5.75 Å². The van der Waals surface area contributed by atoms with Crippen molar-refractivity contribution in [3.63, 3.8) is 0 Å². The monoisotopic (exact) mass is 286 g/mol. The van der Waals surface area contributed by atoms with Crippen molar-refractivity contribution in [1.29, 1.82) is 0 Å². The van der Waals surface area contributed by atoms with Crippen molar-refractivity contribution in [2.75, 3.05) is 7.11 Å². The molecule has 0 amide bonds. The summed E-state index contributed by atoms with van der Waals surface area (Å²) in [6.07, 6.45) is 8.71. The van der Waals surface area contributed by atoms with Crippen LogP contribution in [0.25, 0.3) is 0 Å². The van der Waals surface area contributed by atoms with Gasteiger partial charge in [0.25, 0.3) is 0 Å². The van der Waals surface area contributed by atoms with E-state index in [1.165, 1.54) is 44.1 Å². The van der Waals surface area contributed by atoms with Crippen LogP contribution >= 0.6 is 0 Å². The van der Waals surface area contributed by atoms with Crippen LogP contribution in [0.15, 0.2) is 24.3 Å². The number of aliphatic hydroxyl groups is 1. The van der Waals surface area contributed by atoms with Gasteiger partial charge in [-0.15, -0.1) is 0 Å². The number of hydrogen-bond acceptors (Lipinski definition) is 2. The predicted octanol–water partition coefficient (Wildman–Crippen LogP) is 3.82. The molecule has 0 spiro atoms. The highest BCUT2D eigenvalue weighted by atomic mass is 16.5. The van der Waals surface area contributed by atoms with Gasteiger partial charge in [-0.2, -0.15) is 0 Å². The quantitative estimate of drug-likeness (QED) is 0.912. The summed E-state index contributed by atoms with van der Waals surface area (Å²) >= 11 is 0. The Hall–Kier alpha value is -1.02. The number of ether oxygens (including phenoxy) is 1. The molecule has 4 aliphatic carbocycles. The van der Waals surface area contributed by atoms with Gasteiger partial charge in [0.2, 0.25) is 0 Å². The van der Waals surface area contributed by atoms with Crippen LogP contribution in [-0.2, 0) is 6.42 Å². The first-order chi connectivity index (χ1) is 10.2. The zero-order valence-electron chi connectivity index (χ0n) is 12.9. The first-order valence-electron chi connectivity index (χ1n) is 8.48. The van der Waals surface area contributed by atoms with Gasteiger partial charge in [-0.3, -0.25) is 0 Å². The highest BCUT2D eigenvalue weighted by molar-refractivity contribution is 5.29. The van der Waals surface area contributed by atoms with E-state index in [-0.39, 0.29) is 11.5 Å². The predicted molar refractivity (Wildman–Crippen MR) is 83.3 cm³/mol. The van der Waals surface area contributed by atoms with Gasteiger partial charge in [-0.25, -0.2) is 0 Å². The molecule has 114 valence electrons. The zero-order valence-corrected chi connectivity index (χ0v) is 12.9. The van der Waals surface area contributed by atoms with Crippen LogP contribution in [0, 0.1) is 23.2 Å². The first-order valence-corrected chi connectivity index (χ1v) is 8.48. The van der Waals surface area contributed by atoms with Crippen LogP contribution in [0.4, 0.5) is 0 Å². The Balaban J connectivity index is 1.53. The van der Waals surface area contributed by atoms with E-state index in [2.05, 4.69) is 12.1 Å². The minimum absolute atomic E-state index is 0.182. The average Bonchev–Trinajstić information content (AvgIpc) is 2.46. The lowest BCUT2D eigenvalue weighted by Gasteiger charge is -2.58. The molecule has 0 aromatic heterocycles. The van der Waals surface area contributed by atoms with Gasteiger partial charge in [0.05, 0.1) is 13.2 Å². The smallest absolute Gasteiger partial charge is 0.119 e. The zero-order chi connectivity index (χ0) is 14.4. The Bertz CT molecular complexity index is 487. The van der Waals surface area contributed by atoms with E-state index >= 15 is 0 Å². The minimum atomic E-state index is -0.182. The van der Waals surface area contributed by atoms with Crippen LogP contribution in [-0.4, -0.2) is 18.3 Å². The lowest BCUT2D eigenvalue weighted by molar-refractivity contribution is -0.119. The summed E-state index contributed by atoms with van der Waals surface area (Å²) in [5.41, 5.74) is 1.43. The Morgan fingerprint density at radius 2 is 1.76 bits per heavy atom. The van der Waals surface area contributed by atoms with Crippen molar-refractivity contribution in [2.45, 2.75) is 51.0 Å². The van der Waals surface area contributed by atoms with Crippen LogP contribution in [0.3, 0.4) is 0 Å². The molecule has 4 saturated carbocycles. The molecule has 2 heteroatoms. The van der Waals surface area contributed by atoms with Crippen molar-refractivity contribution in [1.82, 2.24) is 0 Å². The summed E-state index contributed by atoms with van der Waals surface area (Å²) in [7, 11) is 1.70. The van der Waals surface area contributed by atoms with Gasteiger partial charge < -0.3 is 9.84 Å². The molecule has 21 heavy (non-hydrogen) atoms. The van der Waals surface area contributed by atoms with Gasteiger partial charge >= 0.3 is 0 Å². The van der Waals surface area contributed by atoms with Gasteiger partial charge in [0.15, 0.2) is 0 Å². The average molecular weight is 286 g/mol.